The van der Waals surface area contributed by atoms with Crippen molar-refractivity contribution in [2.45, 2.75) is 26.7 Å². The topological polar surface area (TPSA) is 88.1 Å². The van der Waals surface area contributed by atoms with E-state index in [1.807, 2.05) is 25.6 Å². The summed E-state index contributed by atoms with van der Waals surface area (Å²) in [6.45, 7) is 9.36. The minimum absolute atomic E-state index is 0.116. The van der Waals surface area contributed by atoms with Crippen LogP contribution < -0.4 is 5.32 Å². The minimum atomic E-state index is -0.116. The fraction of sp³-hybridized carbons (Fsp3) is 0.611. The summed E-state index contributed by atoms with van der Waals surface area (Å²) < 4.78 is 7.17. The van der Waals surface area contributed by atoms with Gasteiger partial charge in [0.1, 0.15) is 5.69 Å². The lowest BCUT2D eigenvalue weighted by Crippen LogP contribution is -2.37. The van der Waals surface area contributed by atoms with Gasteiger partial charge in [-0.15, -0.1) is 0 Å². The second-order valence-corrected chi connectivity index (χ2v) is 6.75. The van der Waals surface area contributed by atoms with Crippen LogP contribution in [-0.4, -0.2) is 70.2 Å². The quantitative estimate of drug-likeness (QED) is 0.726. The van der Waals surface area contributed by atoms with Crippen molar-refractivity contribution < 1.29 is 9.53 Å². The molecule has 0 atom stereocenters. The molecule has 3 heterocycles. The van der Waals surface area contributed by atoms with E-state index < -0.39 is 0 Å². The Morgan fingerprint density at radius 2 is 2.08 bits per heavy atom. The standard InChI is InChI=1S/C18H28N6O2/c1-13-17(14(2)23(3)22-13)15-12-16(21-20-15)18(25)19-6-4-5-7-24-8-10-26-11-9-24/h12H,4-11H2,1-3H3,(H,19,25)(H,20,21). The van der Waals surface area contributed by atoms with Crippen molar-refractivity contribution in [1.82, 2.24) is 30.2 Å². The number of aryl methyl sites for hydroxylation is 2. The zero-order valence-corrected chi connectivity index (χ0v) is 15.8. The number of carbonyl (C=O) groups is 1. The average molecular weight is 360 g/mol. The van der Waals surface area contributed by atoms with Gasteiger partial charge in [-0.1, -0.05) is 0 Å². The average Bonchev–Trinajstić information content (AvgIpc) is 3.20. The van der Waals surface area contributed by atoms with E-state index in [4.69, 9.17) is 4.74 Å². The third-order valence-electron chi connectivity index (χ3n) is 4.88. The highest BCUT2D eigenvalue weighted by Crippen LogP contribution is 2.25. The number of aromatic amines is 1. The summed E-state index contributed by atoms with van der Waals surface area (Å²) in [5.41, 5.74) is 4.16. The number of H-pyrrole nitrogens is 1. The lowest BCUT2D eigenvalue weighted by atomic mass is 10.1. The summed E-state index contributed by atoms with van der Waals surface area (Å²) >= 11 is 0. The summed E-state index contributed by atoms with van der Waals surface area (Å²) in [6, 6.07) is 1.79. The first-order valence-corrected chi connectivity index (χ1v) is 9.20. The molecule has 2 N–H and O–H groups in total. The minimum Gasteiger partial charge on any atom is -0.379 e. The van der Waals surface area contributed by atoms with E-state index in [2.05, 4.69) is 25.5 Å². The number of carbonyl (C=O) groups excluding carboxylic acids is 1. The molecular weight excluding hydrogens is 332 g/mol. The fourth-order valence-corrected chi connectivity index (χ4v) is 3.29. The molecule has 1 fully saturated rings. The molecule has 2 aromatic heterocycles. The van der Waals surface area contributed by atoms with Gasteiger partial charge in [0.05, 0.1) is 24.6 Å². The van der Waals surface area contributed by atoms with Crippen LogP contribution in [0.3, 0.4) is 0 Å². The number of unbranched alkanes of at least 4 members (excludes halogenated alkanes) is 1. The van der Waals surface area contributed by atoms with Gasteiger partial charge in [0.15, 0.2) is 0 Å². The molecule has 0 saturated carbocycles. The van der Waals surface area contributed by atoms with E-state index in [-0.39, 0.29) is 5.91 Å². The van der Waals surface area contributed by atoms with Gasteiger partial charge in [0.2, 0.25) is 0 Å². The maximum Gasteiger partial charge on any atom is 0.269 e. The van der Waals surface area contributed by atoms with Crippen LogP contribution in [0.1, 0.15) is 34.7 Å². The normalized spacial score (nSPS) is 15.3. The Bertz CT molecular complexity index is 745. The first-order valence-electron chi connectivity index (χ1n) is 9.20. The van der Waals surface area contributed by atoms with E-state index in [1.54, 1.807) is 6.07 Å². The van der Waals surface area contributed by atoms with E-state index in [0.717, 1.165) is 68.3 Å². The highest BCUT2D eigenvalue weighted by molar-refractivity contribution is 5.93. The number of hydrogen-bond acceptors (Lipinski definition) is 5. The SMILES string of the molecule is Cc1nn(C)c(C)c1-c1cc(C(=O)NCCCCN2CCOCC2)[nH]n1. The van der Waals surface area contributed by atoms with Crippen molar-refractivity contribution in [2.75, 3.05) is 39.4 Å². The molecule has 2 aromatic rings. The van der Waals surface area contributed by atoms with Gasteiger partial charge in [0, 0.05) is 37.9 Å². The summed E-state index contributed by atoms with van der Waals surface area (Å²) in [5.74, 6) is -0.116. The van der Waals surface area contributed by atoms with Crippen LogP contribution in [0.2, 0.25) is 0 Å². The maximum absolute atomic E-state index is 12.3. The van der Waals surface area contributed by atoms with E-state index in [9.17, 15) is 4.79 Å². The summed E-state index contributed by atoms with van der Waals surface area (Å²) in [4.78, 5) is 14.7. The third-order valence-corrected chi connectivity index (χ3v) is 4.88. The highest BCUT2D eigenvalue weighted by Gasteiger charge is 2.17. The van der Waals surface area contributed by atoms with Crippen LogP contribution in [0.5, 0.6) is 0 Å². The molecule has 1 aliphatic rings. The number of aromatic nitrogens is 4. The van der Waals surface area contributed by atoms with Crippen molar-refractivity contribution in [2.24, 2.45) is 7.05 Å². The number of nitrogens with zero attached hydrogens (tertiary/aromatic N) is 4. The Balaban J connectivity index is 1.46. The summed E-state index contributed by atoms with van der Waals surface area (Å²) in [5, 5.41) is 14.5. The molecule has 1 saturated heterocycles. The summed E-state index contributed by atoms with van der Waals surface area (Å²) in [7, 11) is 1.91. The zero-order valence-electron chi connectivity index (χ0n) is 15.8. The number of hydrogen-bond donors (Lipinski definition) is 2. The molecule has 142 valence electrons. The van der Waals surface area contributed by atoms with Gasteiger partial charge in [-0.25, -0.2) is 0 Å². The zero-order chi connectivity index (χ0) is 18.5. The monoisotopic (exact) mass is 360 g/mol. The third kappa shape index (κ3) is 4.31. The van der Waals surface area contributed by atoms with Crippen LogP contribution in [0.4, 0.5) is 0 Å². The van der Waals surface area contributed by atoms with Gasteiger partial charge in [-0.2, -0.15) is 10.2 Å². The first-order chi connectivity index (χ1) is 12.6. The Morgan fingerprint density at radius 1 is 1.31 bits per heavy atom. The van der Waals surface area contributed by atoms with E-state index in [1.165, 1.54) is 0 Å². The van der Waals surface area contributed by atoms with Gasteiger partial charge < -0.3 is 10.1 Å². The molecule has 8 heteroatoms. The molecule has 3 rings (SSSR count). The number of nitrogens with one attached hydrogen (secondary N) is 2. The van der Waals surface area contributed by atoms with Gasteiger partial charge in [0.25, 0.3) is 5.91 Å². The second-order valence-electron chi connectivity index (χ2n) is 6.75. The van der Waals surface area contributed by atoms with Crippen molar-refractivity contribution in [3.05, 3.63) is 23.1 Å². The Labute approximate surface area is 153 Å². The van der Waals surface area contributed by atoms with Crippen LogP contribution in [0.25, 0.3) is 11.3 Å². The second kappa shape index (κ2) is 8.46. The largest absolute Gasteiger partial charge is 0.379 e. The van der Waals surface area contributed by atoms with Crippen molar-refractivity contribution in [3.63, 3.8) is 0 Å². The van der Waals surface area contributed by atoms with E-state index in [0.29, 0.717) is 12.2 Å². The molecule has 1 amide bonds. The fourth-order valence-electron chi connectivity index (χ4n) is 3.29. The van der Waals surface area contributed by atoms with Crippen molar-refractivity contribution in [1.29, 1.82) is 0 Å². The molecule has 0 bridgehead atoms. The molecule has 0 aliphatic carbocycles. The van der Waals surface area contributed by atoms with Crippen molar-refractivity contribution in [3.8, 4) is 11.3 Å². The van der Waals surface area contributed by atoms with Gasteiger partial charge in [-0.3, -0.25) is 19.5 Å². The maximum atomic E-state index is 12.3. The lowest BCUT2D eigenvalue weighted by Gasteiger charge is -2.26. The summed E-state index contributed by atoms with van der Waals surface area (Å²) in [6.07, 6.45) is 2.04. The molecule has 0 aromatic carbocycles. The van der Waals surface area contributed by atoms with Gasteiger partial charge in [-0.05, 0) is 39.3 Å². The Hall–Kier alpha value is -2.19. The number of ether oxygens (including phenoxy) is 1. The molecule has 0 radical (unpaired) electrons. The Kier molecular flexibility index (Phi) is 6.05. The van der Waals surface area contributed by atoms with Crippen LogP contribution >= 0.6 is 0 Å². The first kappa shape index (κ1) is 18.6. The molecule has 0 unspecified atom stereocenters. The smallest absolute Gasteiger partial charge is 0.269 e. The lowest BCUT2D eigenvalue weighted by molar-refractivity contribution is 0.0372. The highest BCUT2D eigenvalue weighted by atomic mass is 16.5. The molecule has 0 spiro atoms. The molecule has 26 heavy (non-hydrogen) atoms. The van der Waals surface area contributed by atoms with E-state index >= 15 is 0 Å². The predicted molar refractivity (Wildman–Crippen MR) is 99.1 cm³/mol. The Morgan fingerprint density at radius 3 is 2.77 bits per heavy atom. The van der Waals surface area contributed by atoms with Gasteiger partial charge >= 0.3 is 0 Å². The molecule has 1 aliphatic heterocycles. The van der Waals surface area contributed by atoms with Crippen LogP contribution in [0.15, 0.2) is 6.07 Å². The van der Waals surface area contributed by atoms with Crippen molar-refractivity contribution >= 4 is 5.91 Å². The molecule has 8 nitrogen and oxygen atoms in total. The number of rotatable bonds is 7. The molecular formula is C18H28N6O2. The predicted octanol–water partition coefficient (Wildman–Crippen LogP) is 1.27. The number of morpholine rings is 1. The van der Waals surface area contributed by atoms with Crippen LogP contribution in [-0.2, 0) is 11.8 Å². The number of amides is 1. The van der Waals surface area contributed by atoms with Crippen LogP contribution in [0, 0.1) is 13.8 Å².